The third kappa shape index (κ3) is 4.59. The maximum Gasteiger partial charge on any atom is 0.270 e. The SMILES string of the molecule is CCCNC(C)Cc1ccc([N+](=O)[O-])cc1I. The molecule has 0 aliphatic carbocycles. The predicted molar refractivity (Wildman–Crippen MR) is 77.3 cm³/mol. The third-order valence-electron chi connectivity index (χ3n) is 2.52. The van der Waals surface area contributed by atoms with Crippen LogP contribution in [0, 0.1) is 13.7 Å². The van der Waals surface area contributed by atoms with Gasteiger partial charge in [-0.1, -0.05) is 13.0 Å². The van der Waals surface area contributed by atoms with Crippen molar-refractivity contribution in [2.75, 3.05) is 6.54 Å². The molecule has 17 heavy (non-hydrogen) atoms. The first-order valence-corrected chi connectivity index (χ1v) is 6.78. The Kier molecular flexibility index (Phi) is 5.84. The molecule has 1 atom stereocenters. The molecule has 0 heterocycles. The Morgan fingerprint density at radius 1 is 1.53 bits per heavy atom. The monoisotopic (exact) mass is 348 g/mol. The van der Waals surface area contributed by atoms with E-state index in [1.165, 1.54) is 0 Å². The molecule has 0 aromatic heterocycles. The molecule has 1 N–H and O–H groups in total. The molecular formula is C12H17IN2O2. The van der Waals surface area contributed by atoms with E-state index in [1.807, 2.05) is 6.07 Å². The van der Waals surface area contributed by atoms with Gasteiger partial charge < -0.3 is 5.32 Å². The summed E-state index contributed by atoms with van der Waals surface area (Å²) in [6.07, 6.45) is 2.01. The Morgan fingerprint density at radius 2 is 2.24 bits per heavy atom. The highest BCUT2D eigenvalue weighted by molar-refractivity contribution is 14.1. The lowest BCUT2D eigenvalue weighted by Crippen LogP contribution is -2.28. The Bertz CT molecular complexity index is 396. The van der Waals surface area contributed by atoms with Gasteiger partial charge in [-0.25, -0.2) is 0 Å². The number of hydrogen-bond acceptors (Lipinski definition) is 3. The molecule has 0 saturated heterocycles. The summed E-state index contributed by atoms with van der Waals surface area (Å²) in [5, 5.41) is 14.0. The van der Waals surface area contributed by atoms with Crippen LogP contribution in [0.15, 0.2) is 18.2 Å². The summed E-state index contributed by atoms with van der Waals surface area (Å²) in [5.74, 6) is 0. The van der Waals surface area contributed by atoms with Gasteiger partial charge in [0, 0.05) is 21.7 Å². The minimum Gasteiger partial charge on any atom is -0.314 e. The molecule has 0 amide bonds. The Hall–Kier alpha value is -0.690. The second-order valence-electron chi connectivity index (χ2n) is 4.09. The molecule has 5 heteroatoms. The molecule has 4 nitrogen and oxygen atoms in total. The van der Waals surface area contributed by atoms with Crippen LogP contribution in [-0.2, 0) is 6.42 Å². The summed E-state index contributed by atoms with van der Waals surface area (Å²) in [4.78, 5) is 10.3. The number of nitrogens with one attached hydrogen (secondary N) is 1. The van der Waals surface area contributed by atoms with Crippen molar-refractivity contribution in [2.45, 2.75) is 32.7 Å². The van der Waals surface area contributed by atoms with Crippen LogP contribution in [0.3, 0.4) is 0 Å². The average molecular weight is 348 g/mol. The molecule has 1 rings (SSSR count). The van der Waals surface area contributed by atoms with Gasteiger partial charge in [0.15, 0.2) is 0 Å². The molecule has 1 aromatic carbocycles. The Balaban J connectivity index is 2.69. The number of non-ortho nitro benzene ring substituents is 1. The van der Waals surface area contributed by atoms with Crippen molar-refractivity contribution >= 4 is 28.3 Å². The lowest BCUT2D eigenvalue weighted by molar-refractivity contribution is -0.385. The molecule has 0 aliphatic rings. The maximum absolute atomic E-state index is 10.6. The van der Waals surface area contributed by atoms with E-state index in [4.69, 9.17) is 0 Å². The zero-order chi connectivity index (χ0) is 12.8. The highest BCUT2D eigenvalue weighted by Gasteiger charge is 2.11. The van der Waals surface area contributed by atoms with E-state index < -0.39 is 0 Å². The zero-order valence-corrected chi connectivity index (χ0v) is 12.2. The van der Waals surface area contributed by atoms with Crippen molar-refractivity contribution < 1.29 is 4.92 Å². The molecule has 0 bridgehead atoms. The summed E-state index contributed by atoms with van der Waals surface area (Å²) in [6.45, 7) is 5.27. The number of nitro benzene ring substituents is 1. The fourth-order valence-corrected chi connectivity index (χ4v) is 2.33. The van der Waals surface area contributed by atoms with E-state index in [0.29, 0.717) is 6.04 Å². The van der Waals surface area contributed by atoms with Gasteiger partial charge >= 0.3 is 0 Å². The van der Waals surface area contributed by atoms with Gasteiger partial charge in [0.2, 0.25) is 0 Å². The molecule has 0 saturated carbocycles. The van der Waals surface area contributed by atoms with Crippen LogP contribution in [0.4, 0.5) is 5.69 Å². The molecule has 1 aromatic rings. The highest BCUT2D eigenvalue weighted by Crippen LogP contribution is 2.20. The maximum atomic E-state index is 10.6. The van der Waals surface area contributed by atoms with Crippen molar-refractivity contribution in [3.05, 3.63) is 37.4 Å². The molecule has 94 valence electrons. The van der Waals surface area contributed by atoms with E-state index in [9.17, 15) is 10.1 Å². The number of nitrogens with zero attached hydrogens (tertiary/aromatic N) is 1. The summed E-state index contributed by atoms with van der Waals surface area (Å²) >= 11 is 2.16. The minimum absolute atomic E-state index is 0.160. The number of hydrogen-bond donors (Lipinski definition) is 1. The van der Waals surface area contributed by atoms with Crippen molar-refractivity contribution in [3.8, 4) is 0 Å². The normalized spacial score (nSPS) is 12.4. The van der Waals surface area contributed by atoms with E-state index >= 15 is 0 Å². The minimum atomic E-state index is -0.356. The van der Waals surface area contributed by atoms with Gasteiger partial charge in [0.05, 0.1) is 4.92 Å². The number of benzene rings is 1. The van der Waals surface area contributed by atoms with Gasteiger partial charge in [0.1, 0.15) is 0 Å². The second-order valence-corrected chi connectivity index (χ2v) is 5.25. The number of nitro groups is 1. The third-order valence-corrected chi connectivity index (χ3v) is 3.52. The highest BCUT2D eigenvalue weighted by atomic mass is 127. The van der Waals surface area contributed by atoms with Crippen LogP contribution in [-0.4, -0.2) is 17.5 Å². The van der Waals surface area contributed by atoms with E-state index in [0.717, 1.165) is 28.5 Å². The van der Waals surface area contributed by atoms with Crippen LogP contribution >= 0.6 is 22.6 Å². The molecule has 0 radical (unpaired) electrons. The molecule has 0 fully saturated rings. The van der Waals surface area contributed by atoms with Crippen LogP contribution in [0.5, 0.6) is 0 Å². The predicted octanol–water partition coefficient (Wildman–Crippen LogP) is 3.13. The largest absolute Gasteiger partial charge is 0.314 e. The summed E-state index contributed by atoms with van der Waals surface area (Å²) < 4.78 is 0.960. The fraction of sp³-hybridized carbons (Fsp3) is 0.500. The van der Waals surface area contributed by atoms with Gasteiger partial charge in [-0.3, -0.25) is 10.1 Å². The molecule has 0 spiro atoms. The first-order chi connectivity index (χ1) is 8.04. The first kappa shape index (κ1) is 14.4. The van der Waals surface area contributed by atoms with Gasteiger partial charge in [-0.2, -0.15) is 0 Å². The number of rotatable bonds is 6. The van der Waals surface area contributed by atoms with Crippen molar-refractivity contribution in [2.24, 2.45) is 0 Å². The molecule has 0 aliphatic heterocycles. The van der Waals surface area contributed by atoms with Crippen molar-refractivity contribution in [1.82, 2.24) is 5.32 Å². The van der Waals surface area contributed by atoms with E-state index in [-0.39, 0.29) is 10.6 Å². The van der Waals surface area contributed by atoms with Crippen molar-refractivity contribution in [1.29, 1.82) is 0 Å². The summed E-state index contributed by atoms with van der Waals surface area (Å²) in [5.41, 5.74) is 1.32. The van der Waals surface area contributed by atoms with Gasteiger partial charge in [-0.15, -0.1) is 0 Å². The summed E-state index contributed by atoms with van der Waals surface area (Å²) in [7, 11) is 0. The van der Waals surface area contributed by atoms with Crippen LogP contribution < -0.4 is 5.32 Å². The zero-order valence-electron chi connectivity index (χ0n) is 10.1. The quantitative estimate of drug-likeness (QED) is 0.488. The first-order valence-electron chi connectivity index (χ1n) is 5.70. The second kappa shape index (κ2) is 6.90. The lowest BCUT2D eigenvalue weighted by atomic mass is 10.1. The van der Waals surface area contributed by atoms with E-state index in [1.54, 1.807) is 12.1 Å². The lowest BCUT2D eigenvalue weighted by Gasteiger charge is -2.14. The van der Waals surface area contributed by atoms with Crippen LogP contribution in [0.2, 0.25) is 0 Å². The standard InChI is InChI=1S/C12H17IN2O2/c1-3-6-14-9(2)7-10-4-5-11(15(16)17)8-12(10)13/h4-5,8-9,14H,3,6-7H2,1-2H3. The topological polar surface area (TPSA) is 55.2 Å². The Labute approximate surface area is 115 Å². The number of halogens is 1. The van der Waals surface area contributed by atoms with Crippen LogP contribution in [0.1, 0.15) is 25.8 Å². The van der Waals surface area contributed by atoms with Crippen molar-refractivity contribution in [3.63, 3.8) is 0 Å². The van der Waals surface area contributed by atoms with Crippen LogP contribution in [0.25, 0.3) is 0 Å². The summed E-state index contributed by atoms with van der Waals surface area (Å²) in [6, 6.07) is 5.45. The Morgan fingerprint density at radius 3 is 2.76 bits per heavy atom. The van der Waals surface area contributed by atoms with E-state index in [2.05, 4.69) is 41.8 Å². The average Bonchev–Trinajstić information content (AvgIpc) is 2.28. The smallest absolute Gasteiger partial charge is 0.270 e. The van der Waals surface area contributed by atoms with Gasteiger partial charge in [-0.05, 0) is 54.5 Å². The fourth-order valence-electron chi connectivity index (χ4n) is 1.61. The van der Waals surface area contributed by atoms with Gasteiger partial charge in [0.25, 0.3) is 5.69 Å². The molecular weight excluding hydrogens is 331 g/mol. The molecule has 1 unspecified atom stereocenters.